The number of hydrogen-bond acceptors (Lipinski definition) is 3. The van der Waals surface area contributed by atoms with Gasteiger partial charge >= 0.3 is 6.18 Å². The van der Waals surface area contributed by atoms with Gasteiger partial charge < -0.3 is 14.8 Å². The van der Waals surface area contributed by atoms with Gasteiger partial charge in [-0.25, -0.2) is 4.39 Å². The first-order valence-electron chi connectivity index (χ1n) is 6.73. The lowest BCUT2D eigenvalue weighted by atomic mass is 10.1. The Balaban J connectivity index is 2.09. The topological polar surface area (TPSA) is 47.6 Å². The average molecular weight is 343 g/mol. The molecule has 128 valence electrons. The molecule has 0 radical (unpaired) electrons. The van der Waals surface area contributed by atoms with Crippen molar-refractivity contribution >= 4 is 11.6 Å². The van der Waals surface area contributed by atoms with Crippen LogP contribution in [-0.2, 0) is 11.0 Å². The van der Waals surface area contributed by atoms with Gasteiger partial charge in [-0.05, 0) is 30.3 Å². The number of halogens is 4. The van der Waals surface area contributed by atoms with Crippen LogP contribution in [0.25, 0.3) is 0 Å². The third-order valence-electron chi connectivity index (χ3n) is 3.00. The fourth-order valence-corrected chi connectivity index (χ4v) is 1.87. The second-order valence-electron chi connectivity index (χ2n) is 4.68. The Labute approximate surface area is 135 Å². The van der Waals surface area contributed by atoms with E-state index in [1.54, 1.807) is 0 Å². The molecule has 2 rings (SSSR count). The molecule has 2 aromatic rings. The minimum absolute atomic E-state index is 0.0576. The predicted octanol–water partition coefficient (Wildman–Crippen LogP) is 3.87. The molecule has 0 spiro atoms. The number of hydrogen-bond donors (Lipinski definition) is 1. The van der Waals surface area contributed by atoms with E-state index in [0.29, 0.717) is 0 Å². The summed E-state index contributed by atoms with van der Waals surface area (Å²) in [5.74, 6) is -1.48. The fraction of sp³-hybridized carbons (Fsp3) is 0.188. The van der Waals surface area contributed by atoms with Crippen molar-refractivity contribution in [3.05, 3.63) is 53.8 Å². The first-order valence-corrected chi connectivity index (χ1v) is 6.73. The largest absolute Gasteiger partial charge is 0.495 e. The summed E-state index contributed by atoms with van der Waals surface area (Å²) in [5, 5.41) is 2.25. The van der Waals surface area contributed by atoms with Gasteiger partial charge in [0.1, 0.15) is 5.75 Å². The summed E-state index contributed by atoms with van der Waals surface area (Å²) in [6, 6.07) is 8.14. The van der Waals surface area contributed by atoms with Crippen LogP contribution in [0.15, 0.2) is 42.5 Å². The highest BCUT2D eigenvalue weighted by Crippen LogP contribution is 2.34. The molecule has 0 fully saturated rings. The van der Waals surface area contributed by atoms with Gasteiger partial charge in [0, 0.05) is 0 Å². The Bertz CT molecular complexity index is 732. The van der Waals surface area contributed by atoms with E-state index < -0.39 is 30.1 Å². The Hall–Kier alpha value is -2.77. The number of rotatable bonds is 5. The maximum absolute atomic E-state index is 13.4. The number of anilines is 1. The van der Waals surface area contributed by atoms with Crippen molar-refractivity contribution in [1.29, 1.82) is 0 Å². The molecule has 0 aliphatic rings. The molecule has 0 aliphatic heterocycles. The first-order chi connectivity index (χ1) is 11.3. The molecule has 1 N–H and O–H groups in total. The van der Waals surface area contributed by atoms with Gasteiger partial charge in [0.15, 0.2) is 18.2 Å². The van der Waals surface area contributed by atoms with E-state index >= 15 is 0 Å². The third kappa shape index (κ3) is 4.37. The number of carbonyl (C=O) groups is 1. The quantitative estimate of drug-likeness (QED) is 0.839. The first kappa shape index (κ1) is 17.6. The van der Waals surface area contributed by atoms with E-state index in [9.17, 15) is 22.4 Å². The molecule has 0 unspecified atom stereocenters. The molecule has 8 heteroatoms. The van der Waals surface area contributed by atoms with E-state index in [-0.39, 0.29) is 17.2 Å². The zero-order valence-corrected chi connectivity index (χ0v) is 12.5. The molecule has 24 heavy (non-hydrogen) atoms. The highest BCUT2D eigenvalue weighted by atomic mass is 19.4. The zero-order chi connectivity index (χ0) is 17.7. The van der Waals surface area contributed by atoms with E-state index in [4.69, 9.17) is 9.47 Å². The van der Waals surface area contributed by atoms with Crippen LogP contribution in [0.5, 0.6) is 11.5 Å². The van der Waals surface area contributed by atoms with Crippen molar-refractivity contribution in [2.45, 2.75) is 6.18 Å². The highest BCUT2D eigenvalue weighted by molar-refractivity contribution is 5.93. The van der Waals surface area contributed by atoms with E-state index in [1.165, 1.54) is 25.3 Å². The molecule has 0 bridgehead atoms. The smallest absolute Gasteiger partial charge is 0.416 e. The summed E-state index contributed by atoms with van der Waals surface area (Å²) in [6.07, 6.45) is -4.56. The predicted molar refractivity (Wildman–Crippen MR) is 78.5 cm³/mol. The van der Waals surface area contributed by atoms with Crippen LogP contribution in [0.2, 0.25) is 0 Å². The highest BCUT2D eigenvalue weighted by Gasteiger charge is 2.31. The number of ether oxygens (including phenoxy) is 2. The number of alkyl halides is 3. The minimum atomic E-state index is -4.56. The lowest BCUT2D eigenvalue weighted by Gasteiger charge is -2.14. The van der Waals surface area contributed by atoms with Crippen molar-refractivity contribution in [1.82, 2.24) is 0 Å². The van der Waals surface area contributed by atoms with Crippen LogP contribution >= 0.6 is 0 Å². The minimum Gasteiger partial charge on any atom is -0.495 e. The van der Waals surface area contributed by atoms with Gasteiger partial charge in [-0.1, -0.05) is 12.1 Å². The molecule has 2 aromatic carbocycles. The van der Waals surface area contributed by atoms with Crippen LogP contribution in [-0.4, -0.2) is 19.6 Å². The van der Waals surface area contributed by atoms with Gasteiger partial charge in [0.2, 0.25) is 0 Å². The molecule has 0 saturated carbocycles. The second kappa shape index (κ2) is 7.20. The summed E-state index contributed by atoms with van der Waals surface area (Å²) in [4.78, 5) is 11.8. The SMILES string of the molecule is COc1ccc(C(F)(F)F)cc1NC(=O)COc1ccccc1F. The van der Waals surface area contributed by atoms with Crippen LogP contribution in [0, 0.1) is 5.82 Å². The maximum atomic E-state index is 13.4. The number of para-hydroxylation sites is 1. The molecule has 0 aliphatic carbocycles. The molecule has 0 aromatic heterocycles. The number of amides is 1. The molecule has 0 saturated heterocycles. The Morgan fingerprint density at radius 1 is 1.12 bits per heavy atom. The molecule has 4 nitrogen and oxygen atoms in total. The van der Waals surface area contributed by atoms with Gasteiger partial charge in [-0.15, -0.1) is 0 Å². The van der Waals surface area contributed by atoms with Gasteiger partial charge in [0.25, 0.3) is 5.91 Å². The van der Waals surface area contributed by atoms with Crippen molar-refractivity contribution in [2.24, 2.45) is 0 Å². The van der Waals surface area contributed by atoms with Crippen LogP contribution in [0.1, 0.15) is 5.56 Å². The summed E-state index contributed by atoms with van der Waals surface area (Å²) < 4.78 is 61.5. The molecule has 1 amide bonds. The third-order valence-corrected chi connectivity index (χ3v) is 3.00. The lowest BCUT2D eigenvalue weighted by Crippen LogP contribution is -2.21. The van der Waals surface area contributed by atoms with E-state index in [0.717, 1.165) is 24.3 Å². The number of methoxy groups -OCH3 is 1. The van der Waals surface area contributed by atoms with Gasteiger partial charge in [-0.3, -0.25) is 4.79 Å². The van der Waals surface area contributed by atoms with Crippen molar-refractivity contribution in [3.63, 3.8) is 0 Å². The van der Waals surface area contributed by atoms with Crippen LogP contribution < -0.4 is 14.8 Å². The van der Waals surface area contributed by atoms with Crippen molar-refractivity contribution in [3.8, 4) is 11.5 Å². The number of nitrogens with one attached hydrogen (secondary N) is 1. The molecule has 0 heterocycles. The summed E-state index contributed by atoms with van der Waals surface area (Å²) in [5.41, 5.74) is -1.09. The average Bonchev–Trinajstić information content (AvgIpc) is 2.53. The summed E-state index contributed by atoms with van der Waals surface area (Å²) in [6.45, 7) is -0.569. The number of benzene rings is 2. The Morgan fingerprint density at radius 2 is 1.83 bits per heavy atom. The Morgan fingerprint density at radius 3 is 2.46 bits per heavy atom. The lowest BCUT2D eigenvalue weighted by molar-refractivity contribution is -0.137. The monoisotopic (exact) mass is 343 g/mol. The standard InChI is InChI=1S/C16H13F4NO3/c1-23-14-7-6-10(16(18,19)20)8-12(14)21-15(22)9-24-13-5-3-2-4-11(13)17/h2-8H,9H2,1H3,(H,21,22). The van der Waals surface area contributed by atoms with E-state index in [2.05, 4.69) is 5.32 Å². The Kier molecular flexibility index (Phi) is 5.28. The maximum Gasteiger partial charge on any atom is 0.416 e. The van der Waals surface area contributed by atoms with Crippen LogP contribution in [0.4, 0.5) is 23.2 Å². The van der Waals surface area contributed by atoms with Gasteiger partial charge in [0.05, 0.1) is 18.4 Å². The number of carbonyl (C=O) groups excluding carboxylic acids is 1. The normalized spacial score (nSPS) is 11.0. The molecular formula is C16H13F4NO3. The van der Waals surface area contributed by atoms with Crippen LogP contribution in [0.3, 0.4) is 0 Å². The summed E-state index contributed by atoms with van der Waals surface area (Å²) >= 11 is 0. The second-order valence-corrected chi connectivity index (χ2v) is 4.68. The van der Waals surface area contributed by atoms with Crippen molar-refractivity contribution in [2.75, 3.05) is 19.0 Å². The van der Waals surface area contributed by atoms with Gasteiger partial charge in [-0.2, -0.15) is 13.2 Å². The van der Waals surface area contributed by atoms with E-state index in [1.807, 2.05) is 0 Å². The molecule has 0 atom stereocenters. The molecular weight excluding hydrogens is 330 g/mol. The van der Waals surface area contributed by atoms with Crippen molar-refractivity contribution < 1.29 is 31.8 Å². The fourth-order valence-electron chi connectivity index (χ4n) is 1.87. The summed E-state index contributed by atoms with van der Waals surface area (Å²) in [7, 11) is 1.26. The zero-order valence-electron chi connectivity index (χ0n) is 12.5.